The Balaban J connectivity index is 1.81. The number of rotatable bonds is 3. The van der Waals surface area contributed by atoms with Crippen molar-refractivity contribution >= 4 is 23.7 Å². The third-order valence-electron chi connectivity index (χ3n) is 3.72. The molecule has 1 heterocycles. The first kappa shape index (κ1) is 14.3. The summed E-state index contributed by atoms with van der Waals surface area (Å²) < 4.78 is 0. The normalized spacial score (nSPS) is 12.6. The zero-order chi connectivity index (χ0) is 15.5. The van der Waals surface area contributed by atoms with Crippen molar-refractivity contribution in [3.05, 3.63) is 70.6 Å². The number of benzene rings is 1. The second-order valence-electron chi connectivity index (χ2n) is 5.39. The highest BCUT2D eigenvalue weighted by Gasteiger charge is 2.12. The van der Waals surface area contributed by atoms with E-state index >= 15 is 0 Å². The first-order chi connectivity index (χ1) is 10.7. The molecule has 1 aromatic carbocycles. The average Bonchev–Trinajstić information content (AvgIpc) is 2.95. The summed E-state index contributed by atoms with van der Waals surface area (Å²) in [6.07, 6.45) is 10.7. The van der Waals surface area contributed by atoms with Crippen molar-refractivity contribution in [3.63, 3.8) is 0 Å². The maximum Gasteiger partial charge on any atom is 0.255 e. The van der Waals surface area contributed by atoms with Gasteiger partial charge in [0.1, 0.15) is 0 Å². The summed E-state index contributed by atoms with van der Waals surface area (Å²) in [6, 6.07) is 7.79. The van der Waals surface area contributed by atoms with Gasteiger partial charge in [0.25, 0.3) is 5.91 Å². The molecule has 3 heteroatoms. The molecular formula is C19H18N2O. The molecule has 0 atom stereocenters. The standard InChI is InChI=1S/C19H18N2O/c1-3-5-14-8-9-17(13(2)10-14)19(22)21-16-11-15-6-4-7-18(15)20-12-16/h3-6,8-12H,7H2,1-2H3,(H,21,22)/b5-3+. The fourth-order valence-corrected chi connectivity index (χ4v) is 2.63. The highest BCUT2D eigenvalue weighted by molar-refractivity contribution is 6.05. The number of hydrogen-bond acceptors (Lipinski definition) is 2. The Kier molecular flexibility index (Phi) is 3.88. The number of anilines is 1. The van der Waals surface area contributed by atoms with Crippen LogP contribution in [0.3, 0.4) is 0 Å². The van der Waals surface area contributed by atoms with Gasteiger partial charge in [-0.15, -0.1) is 0 Å². The van der Waals surface area contributed by atoms with Crippen LogP contribution in [0.15, 0.2) is 42.6 Å². The summed E-state index contributed by atoms with van der Waals surface area (Å²) in [5.41, 5.74) is 5.61. The van der Waals surface area contributed by atoms with Crippen LogP contribution in [0.2, 0.25) is 0 Å². The maximum absolute atomic E-state index is 12.4. The lowest BCUT2D eigenvalue weighted by atomic mass is 10.0. The molecule has 0 aliphatic heterocycles. The maximum atomic E-state index is 12.4. The number of carbonyl (C=O) groups is 1. The zero-order valence-corrected chi connectivity index (χ0v) is 12.8. The lowest BCUT2D eigenvalue weighted by Crippen LogP contribution is -2.14. The number of aryl methyl sites for hydroxylation is 1. The molecule has 1 aliphatic carbocycles. The van der Waals surface area contributed by atoms with E-state index in [1.807, 2.05) is 56.3 Å². The SMILES string of the molecule is C/C=C/c1ccc(C(=O)Nc2cnc3c(c2)C=CC3)c(C)c1. The average molecular weight is 290 g/mol. The smallest absolute Gasteiger partial charge is 0.255 e. The number of allylic oxidation sites excluding steroid dienone is 2. The lowest BCUT2D eigenvalue weighted by molar-refractivity contribution is 0.102. The largest absolute Gasteiger partial charge is 0.321 e. The Hall–Kier alpha value is -2.68. The fraction of sp³-hybridized carbons (Fsp3) is 0.158. The minimum atomic E-state index is -0.103. The van der Waals surface area contributed by atoms with E-state index in [2.05, 4.69) is 16.4 Å². The molecule has 110 valence electrons. The first-order valence-corrected chi connectivity index (χ1v) is 7.37. The molecule has 1 aliphatic rings. The van der Waals surface area contributed by atoms with Gasteiger partial charge in [-0.25, -0.2) is 0 Å². The second kappa shape index (κ2) is 5.98. The van der Waals surface area contributed by atoms with E-state index in [9.17, 15) is 4.79 Å². The highest BCUT2D eigenvalue weighted by Crippen LogP contribution is 2.21. The predicted molar refractivity (Wildman–Crippen MR) is 90.8 cm³/mol. The number of carbonyl (C=O) groups excluding carboxylic acids is 1. The van der Waals surface area contributed by atoms with E-state index < -0.39 is 0 Å². The van der Waals surface area contributed by atoms with Gasteiger partial charge in [-0.1, -0.05) is 36.4 Å². The van der Waals surface area contributed by atoms with Crippen LogP contribution in [0.1, 0.15) is 39.7 Å². The molecule has 0 saturated carbocycles. The van der Waals surface area contributed by atoms with E-state index in [0.717, 1.165) is 34.5 Å². The van der Waals surface area contributed by atoms with Gasteiger partial charge < -0.3 is 5.32 Å². The van der Waals surface area contributed by atoms with Gasteiger partial charge >= 0.3 is 0 Å². The summed E-state index contributed by atoms with van der Waals surface area (Å²) in [5.74, 6) is -0.103. The van der Waals surface area contributed by atoms with E-state index in [1.54, 1.807) is 6.20 Å². The van der Waals surface area contributed by atoms with E-state index in [1.165, 1.54) is 0 Å². The topological polar surface area (TPSA) is 42.0 Å². The summed E-state index contributed by atoms with van der Waals surface area (Å²) >= 11 is 0. The zero-order valence-electron chi connectivity index (χ0n) is 12.8. The van der Waals surface area contributed by atoms with Crippen LogP contribution >= 0.6 is 0 Å². The van der Waals surface area contributed by atoms with Crippen molar-refractivity contribution in [2.24, 2.45) is 0 Å². The number of aromatic nitrogens is 1. The molecule has 0 radical (unpaired) electrons. The van der Waals surface area contributed by atoms with Crippen molar-refractivity contribution in [3.8, 4) is 0 Å². The summed E-state index contributed by atoms with van der Waals surface area (Å²) in [6.45, 7) is 3.93. The van der Waals surface area contributed by atoms with Crippen molar-refractivity contribution in [2.75, 3.05) is 5.32 Å². The summed E-state index contributed by atoms with van der Waals surface area (Å²) in [5, 5.41) is 2.93. The number of pyridine rings is 1. The Labute approximate surface area is 130 Å². The second-order valence-corrected chi connectivity index (χ2v) is 5.39. The van der Waals surface area contributed by atoms with Crippen molar-refractivity contribution in [2.45, 2.75) is 20.3 Å². The Morgan fingerprint density at radius 1 is 1.32 bits per heavy atom. The van der Waals surface area contributed by atoms with Gasteiger partial charge in [-0.05, 0) is 42.7 Å². The molecular weight excluding hydrogens is 272 g/mol. The molecule has 1 N–H and O–H groups in total. The molecule has 0 saturated heterocycles. The van der Waals surface area contributed by atoms with E-state index in [4.69, 9.17) is 0 Å². The number of nitrogens with one attached hydrogen (secondary N) is 1. The lowest BCUT2D eigenvalue weighted by Gasteiger charge is -2.09. The molecule has 2 aromatic rings. The van der Waals surface area contributed by atoms with Crippen LogP contribution in [-0.2, 0) is 6.42 Å². The van der Waals surface area contributed by atoms with Crippen molar-refractivity contribution < 1.29 is 4.79 Å². The molecule has 0 spiro atoms. The molecule has 3 rings (SSSR count). The molecule has 1 aromatic heterocycles. The minimum absolute atomic E-state index is 0.103. The van der Waals surface area contributed by atoms with E-state index in [-0.39, 0.29) is 5.91 Å². The molecule has 1 amide bonds. The van der Waals surface area contributed by atoms with Crippen LogP contribution in [0.5, 0.6) is 0 Å². The van der Waals surface area contributed by atoms with Gasteiger partial charge in [0.05, 0.1) is 17.6 Å². The van der Waals surface area contributed by atoms with Gasteiger partial charge in [0.2, 0.25) is 0 Å². The molecule has 0 bridgehead atoms. The van der Waals surface area contributed by atoms with Crippen LogP contribution in [-0.4, -0.2) is 10.9 Å². The van der Waals surface area contributed by atoms with E-state index in [0.29, 0.717) is 5.56 Å². The van der Waals surface area contributed by atoms with Gasteiger partial charge in [-0.3, -0.25) is 9.78 Å². The quantitative estimate of drug-likeness (QED) is 0.918. The van der Waals surface area contributed by atoms with Crippen molar-refractivity contribution in [1.82, 2.24) is 4.98 Å². The highest BCUT2D eigenvalue weighted by atomic mass is 16.1. The van der Waals surface area contributed by atoms with Crippen LogP contribution in [0, 0.1) is 6.92 Å². The van der Waals surface area contributed by atoms with Crippen LogP contribution in [0.25, 0.3) is 12.2 Å². The minimum Gasteiger partial charge on any atom is -0.321 e. The first-order valence-electron chi connectivity index (χ1n) is 7.37. The van der Waals surface area contributed by atoms with Crippen LogP contribution < -0.4 is 5.32 Å². The van der Waals surface area contributed by atoms with Gasteiger partial charge in [0, 0.05) is 12.0 Å². The molecule has 22 heavy (non-hydrogen) atoms. The summed E-state index contributed by atoms with van der Waals surface area (Å²) in [7, 11) is 0. The molecule has 3 nitrogen and oxygen atoms in total. The summed E-state index contributed by atoms with van der Waals surface area (Å²) in [4.78, 5) is 16.8. The number of fused-ring (bicyclic) bond motifs is 1. The number of amides is 1. The molecule has 0 unspecified atom stereocenters. The number of hydrogen-bond donors (Lipinski definition) is 1. The molecule has 0 fully saturated rings. The van der Waals surface area contributed by atoms with Crippen LogP contribution in [0.4, 0.5) is 5.69 Å². The Bertz CT molecular complexity index is 788. The third-order valence-corrected chi connectivity index (χ3v) is 3.72. The van der Waals surface area contributed by atoms with Crippen molar-refractivity contribution in [1.29, 1.82) is 0 Å². The monoisotopic (exact) mass is 290 g/mol. The number of nitrogens with zero attached hydrogens (tertiary/aromatic N) is 1. The Morgan fingerprint density at radius 3 is 2.95 bits per heavy atom. The third kappa shape index (κ3) is 2.84. The predicted octanol–water partition coefficient (Wildman–Crippen LogP) is 4.24. The van der Waals surface area contributed by atoms with Gasteiger partial charge in [-0.2, -0.15) is 0 Å². The van der Waals surface area contributed by atoms with Gasteiger partial charge in [0.15, 0.2) is 0 Å². The fourth-order valence-electron chi connectivity index (χ4n) is 2.63. The Morgan fingerprint density at radius 2 is 2.18 bits per heavy atom.